The van der Waals surface area contributed by atoms with Crippen LogP contribution in [0.5, 0.6) is 0 Å². The second-order valence-corrected chi connectivity index (χ2v) is 4.24. The molecule has 0 aromatic carbocycles. The van der Waals surface area contributed by atoms with Crippen molar-refractivity contribution in [3.63, 3.8) is 0 Å². The Morgan fingerprint density at radius 1 is 1.67 bits per heavy atom. The van der Waals surface area contributed by atoms with E-state index in [1.807, 2.05) is 11.8 Å². The van der Waals surface area contributed by atoms with E-state index in [9.17, 15) is 4.79 Å². The van der Waals surface area contributed by atoms with Crippen molar-refractivity contribution in [2.75, 3.05) is 11.5 Å². The minimum atomic E-state index is -0.283. The molecule has 0 aromatic heterocycles. The summed E-state index contributed by atoms with van der Waals surface area (Å²) in [5, 5.41) is 2.76. The highest BCUT2D eigenvalue weighted by Gasteiger charge is 2.33. The van der Waals surface area contributed by atoms with E-state index in [0.717, 1.165) is 12.2 Å². The maximum absolute atomic E-state index is 10.8. The third kappa shape index (κ3) is 1.29. The largest absolute Gasteiger partial charge is 0.385 e. The number of hydrogen-bond acceptors (Lipinski definition) is 3. The predicted molar refractivity (Wildman–Crippen MR) is 49.4 cm³/mol. The molecule has 0 aromatic rings. The molecule has 2 atom stereocenters. The van der Waals surface area contributed by atoms with Gasteiger partial charge in [0.2, 0.25) is 0 Å². The molecule has 2 rings (SSSR count). The number of nitrogens with one attached hydrogen (secondary N) is 1. The fourth-order valence-corrected chi connectivity index (χ4v) is 2.90. The Morgan fingerprint density at radius 2 is 2.50 bits per heavy atom. The summed E-state index contributed by atoms with van der Waals surface area (Å²) in [4.78, 5) is 14.5. The highest BCUT2D eigenvalue weighted by Crippen LogP contribution is 2.27. The Hall–Kier alpha value is -0.710. The molecule has 1 saturated heterocycles. The molecule has 3 N–H and O–H groups in total. The van der Waals surface area contributed by atoms with Crippen molar-refractivity contribution in [1.29, 1.82) is 0 Å². The van der Waals surface area contributed by atoms with Crippen molar-refractivity contribution in [2.45, 2.75) is 12.5 Å². The number of aliphatic imine (C=N–C) groups is 1. The quantitative estimate of drug-likeness (QED) is 0.612. The van der Waals surface area contributed by atoms with Crippen LogP contribution >= 0.6 is 11.8 Å². The summed E-state index contributed by atoms with van der Waals surface area (Å²) in [6, 6.07) is -0.276. The lowest BCUT2D eigenvalue weighted by atomic mass is 9.99. The van der Waals surface area contributed by atoms with Gasteiger partial charge in [0.15, 0.2) is 0 Å². The van der Waals surface area contributed by atoms with Crippen molar-refractivity contribution in [3.8, 4) is 0 Å². The summed E-state index contributed by atoms with van der Waals surface area (Å²) in [7, 11) is 0. The number of carbonyl (C=O) groups excluding carboxylic acids is 1. The molecule has 0 aliphatic carbocycles. The van der Waals surface area contributed by atoms with Crippen LogP contribution in [0.2, 0.25) is 0 Å². The number of rotatable bonds is 1. The molecule has 2 aliphatic heterocycles. The topological polar surface area (TPSA) is 67.5 Å². The molecule has 2 aliphatic rings. The first kappa shape index (κ1) is 7.91. The van der Waals surface area contributed by atoms with Crippen LogP contribution in [0.25, 0.3) is 0 Å². The summed E-state index contributed by atoms with van der Waals surface area (Å²) in [6.45, 7) is 0. The second kappa shape index (κ2) is 2.97. The van der Waals surface area contributed by atoms with Crippen LogP contribution in [0.4, 0.5) is 4.79 Å². The molecule has 2 heterocycles. The fraction of sp³-hybridized carbons (Fsp3) is 0.714. The van der Waals surface area contributed by atoms with Crippen LogP contribution < -0.4 is 11.1 Å². The molecule has 0 radical (unpaired) electrons. The Balaban J connectivity index is 2.05. The lowest BCUT2D eigenvalue weighted by molar-refractivity contribution is 0.248. The van der Waals surface area contributed by atoms with Crippen molar-refractivity contribution >= 4 is 23.6 Å². The minimum absolute atomic E-state index is 0.00694. The van der Waals surface area contributed by atoms with Crippen LogP contribution in [0.15, 0.2) is 4.99 Å². The van der Waals surface area contributed by atoms with Gasteiger partial charge in [-0.2, -0.15) is 16.8 Å². The van der Waals surface area contributed by atoms with Crippen LogP contribution in [-0.2, 0) is 0 Å². The van der Waals surface area contributed by atoms with Gasteiger partial charge in [0.25, 0.3) is 0 Å². The number of hydrogen-bond donors (Lipinski definition) is 2. The summed E-state index contributed by atoms with van der Waals surface area (Å²) >= 11 is 1.91. The molecule has 12 heavy (non-hydrogen) atoms. The summed E-state index contributed by atoms with van der Waals surface area (Å²) < 4.78 is 0. The van der Waals surface area contributed by atoms with Gasteiger partial charge in [-0.3, -0.25) is 0 Å². The van der Waals surface area contributed by atoms with Crippen LogP contribution in [0.3, 0.4) is 0 Å². The van der Waals surface area contributed by atoms with Crippen LogP contribution in [0.1, 0.15) is 6.42 Å². The van der Waals surface area contributed by atoms with E-state index in [1.165, 1.54) is 5.75 Å². The zero-order chi connectivity index (χ0) is 8.55. The van der Waals surface area contributed by atoms with E-state index in [4.69, 9.17) is 5.73 Å². The first-order chi connectivity index (χ1) is 5.77. The van der Waals surface area contributed by atoms with E-state index in [1.54, 1.807) is 0 Å². The van der Waals surface area contributed by atoms with E-state index < -0.39 is 0 Å². The van der Waals surface area contributed by atoms with Gasteiger partial charge in [-0.15, -0.1) is 0 Å². The molecule has 4 nitrogen and oxygen atoms in total. The van der Waals surface area contributed by atoms with Gasteiger partial charge in [-0.25, -0.2) is 4.79 Å². The highest BCUT2D eigenvalue weighted by atomic mass is 32.2. The number of amidine groups is 1. The van der Waals surface area contributed by atoms with Gasteiger partial charge in [0.1, 0.15) is 5.84 Å². The number of amides is 2. The monoisotopic (exact) mass is 185 g/mol. The van der Waals surface area contributed by atoms with Gasteiger partial charge in [-0.05, 0) is 23.8 Å². The third-order valence-corrected chi connectivity index (χ3v) is 3.45. The Kier molecular flexibility index (Phi) is 1.96. The molecule has 2 unspecified atom stereocenters. The van der Waals surface area contributed by atoms with E-state index in [-0.39, 0.29) is 12.1 Å². The fourth-order valence-electron chi connectivity index (χ4n) is 1.60. The lowest BCUT2D eigenvalue weighted by Gasteiger charge is -2.16. The molecule has 66 valence electrons. The smallest absolute Gasteiger partial charge is 0.343 e. The molecule has 0 spiro atoms. The first-order valence-electron chi connectivity index (χ1n) is 3.99. The number of nitrogens with two attached hydrogens (primary N) is 1. The van der Waals surface area contributed by atoms with Crippen LogP contribution in [0, 0.1) is 5.92 Å². The van der Waals surface area contributed by atoms with Gasteiger partial charge in [0.05, 0.1) is 6.04 Å². The van der Waals surface area contributed by atoms with E-state index in [0.29, 0.717) is 11.8 Å². The second-order valence-electron chi connectivity index (χ2n) is 3.09. The zero-order valence-electron chi connectivity index (χ0n) is 6.62. The normalized spacial score (nSPS) is 35.0. The molecular formula is C7H11N3OS. The molecule has 2 amide bonds. The van der Waals surface area contributed by atoms with Crippen molar-refractivity contribution in [2.24, 2.45) is 16.6 Å². The van der Waals surface area contributed by atoms with E-state index in [2.05, 4.69) is 10.3 Å². The van der Waals surface area contributed by atoms with Gasteiger partial charge in [0, 0.05) is 0 Å². The van der Waals surface area contributed by atoms with Gasteiger partial charge >= 0.3 is 6.03 Å². The Morgan fingerprint density at radius 3 is 3.00 bits per heavy atom. The predicted octanol–water partition coefficient (Wildman–Crippen LogP) is 0.188. The zero-order valence-corrected chi connectivity index (χ0v) is 7.43. The van der Waals surface area contributed by atoms with Crippen molar-refractivity contribution in [3.05, 3.63) is 0 Å². The summed E-state index contributed by atoms with van der Waals surface area (Å²) in [6.07, 6.45) is 1.13. The van der Waals surface area contributed by atoms with Crippen LogP contribution in [-0.4, -0.2) is 29.4 Å². The lowest BCUT2D eigenvalue weighted by Crippen LogP contribution is -2.42. The highest BCUT2D eigenvalue weighted by molar-refractivity contribution is 7.99. The minimum Gasteiger partial charge on any atom is -0.385 e. The first-order valence-corrected chi connectivity index (χ1v) is 5.15. The molecule has 5 heteroatoms. The number of urea groups is 1. The molecule has 0 bridgehead atoms. The SMILES string of the molecule is NC1=NC(=O)NC1C1CCSC1. The standard InChI is InChI=1S/C7H11N3OS/c8-6-5(9-7(11)10-6)4-1-2-12-3-4/h4-5H,1-3H2,(H3,8,9,10,11). The van der Waals surface area contributed by atoms with Gasteiger partial charge in [-0.1, -0.05) is 0 Å². The third-order valence-electron chi connectivity index (χ3n) is 2.26. The summed E-state index contributed by atoms with van der Waals surface area (Å²) in [5.41, 5.74) is 5.61. The summed E-state index contributed by atoms with van der Waals surface area (Å²) in [5.74, 6) is 3.21. The number of carbonyl (C=O) groups is 1. The number of nitrogens with zero attached hydrogens (tertiary/aromatic N) is 1. The maximum Gasteiger partial charge on any atom is 0.343 e. The van der Waals surface area contributed by atoms with Gasteiger partial charge < -0.3 is 11.1 Å². The van der Waals surface area contributed by atoms with Crippen molar-refractivity contribution in [1.82, 2.24) is 5.32 Å². The Bertz CT molecular complexity index is 235. The molecule has 1 fully saturated rings. The van der Waals surface area contributed by atoms with Crippen molar-refractivity contribution < 1.29 is 4.79 Å². The maximum atomic E-state index is 10.8. The average Bonchev–Trinajstić information content (AvgIpc) is 2.58. The Labute approximate surface area is 75.0 Å². The average molecular weight is 185 g/mol. The number of thioether (sulfide) groups is 1. The molecule has 0 saturated carbocycles. The van der Waals surface area contributed by atoms with E-state index >= 15 is 0 Å². The molecular weight excluding hydrogens is 174 g/mol.